The fourth-order valence-corrected chi connectivity index (χ4v) is 3.03. The molecule has 1 aliphatic rings. The number of urea groups is 1. The molecule has 0 spiro atoms. The Hall–Kier alpha value is -1.56. The Kier molecular flexibility index (Phi) is 6.89. The number of hydrogen-bond donors (Lipinski definition) is 2. The van der Waals surface area contributed by atoms with Gasteiger partial charge in [-0.3, -0.25) is 4.21 Å². The first kappa shape index (κ1) is 17.8. The molecular weight excluding hydrogens is 310 g/mol. The summed E-state index contributed by atoms with van der Waals surface area (Å²) in [5.41, 5.74) is 2.34. The van der Waals surface area contributed by atoms with E-state index in [4.69, 9.17) is 0 Å². The van der Waals surface area contributed by atoms with Crippen molar-refractivity contribution < 1.29 is 9.00 Å². The van der Waals surface area contributed by atoms with Gasteiger partial charge in [0.1, 0.15) is 0 Å². The minimum absolute atomic E-state index is 0.218. The van der Waals surface area contributed by atoms with Crippen LogP contribution in [0.3, 0.4) is 0 Å². The Bertz CT molecular complexity index is 525. The van der Waals surface area contributed by atoms with Crippen LogP contribution in [0, 0.1) is 5.92 Å². The molecule has 2 N–H and O–H groups in total. The minimum atomic E-state index is -0.877. The van der Waals surface area contributed by atoms with E-state index in [0.717, 1.165) is 24.6 Å². The van der Waals surface area contributed by atoms with E-state index >= 15 is 0 Å². The van der Waals surface area contributed by atoms with E-state index < -0.39 is 10.8 Å². The molecule has 23 heavy (non-hydrogen) atoms. The first-order valence-electron chi connectivity index (χ1n) is 8.20. The number of hydrogen-bond acceptors (Lipinski definition) is 3. The van der Waals surface area contributed by atoms with E-state index in [1.54, 1.807) is 6.26 Å². The highest BCUT2D eigenvalue weighted by Crippen LogP contribution is 2.23. The van der Waals surface area contributed by atoms with E-state index in [-0.39, 0.29) is 6.03 Å². The van der Waals surface area contributed by atoms with Gasteiger partial charge in [-0.05, 0) is 36.5 Å². The lowest BCUT2D eigenvalue weighted by atomic mass is 9.99. The van der Waals surface area contributed by atoms with Gasteiger partial charge in [-0.1, -0.05) is 19.1 Å². The summed E-state index contributed by atoms with van der Waals surface area (Å²) < 4.78 is 10.9. The van der Waals surface area contributed by atoms with Crippen LogP contribution < -0.4 is 15.5 Å². The molecule has 6 heteroatoms. The van der Waals surface area contributed by atoms with Gasteiger partial charge in [0.2, 0.25) is 0 Å². The molecule has 1 aromatic rings. The summed E-state index contributed by atoms with van der Waals surface area (Å²) in [5.74, 6) is 1.31. The van der Waals surface area contributed by atoms with Crippen LogP contribution >= 0.6 is 0 Å². The van der Waals surface area contributed by atoms with Crippen LogP contribution in [0.2, 0.25) is 0 Å². The summed E-state index contributed by atoms with van der Waals surface area (Å²) in [5, 5.41) is 5.51. The summed E-state index contributed by atoms with van der Waals surface area (Å²) in [6.07, 6.45) is 4.14. The highest BCUT2D eigenvalue weighted by atomic mass is 32.2. The van der Waals surface area contributed by atoms with Gasteiger partial charge in [-0.25, -0.2) is 4.79 Å². The van der Waals surface area contributed by atoms with E-state index in [1.165, 1.54) is 18.5 Å². The van der Waals surface area contributed by atoms with Crippen molar-refractivity contribution in [1.82, 2.24) is 10.6 Å². The number of nitrogens with zero attached hydrogens (tertiary/aromatic N) is 1. The zero-order valence-corrected chi connectivity index (χ0v) is 14.8. The molecule has 128 valence electrons. The molecule has 0 saturated carbocycles. The SMILES string of the molecule is CC1CCN(c2ccc(CNC(=O)NCC[S@@](C)=O)cc2)CC1. The average molecular weight is 337 g/mol. The molecule has 2 rings (SSSR count). The molecule has 1 aliphatic heterocycles. The number of amides is 2. The topological polar surface area (TPSA) is 61.4 Å². The fourth-order valence-electron chi connectivity index (χ4n) is 2.64. The standard InChI is InChI=1S/C17H27N3O2S/c1-14-7-10-20(11-8-14)16-5-3-15(4-6-16)13-19-17(21)18-9-12-23(2)22/h3-6,14H,7-13H2,1-2H3,(H2,18,19,21)/t23-/m1/s1. The third kappa shape index (κ3) is 6.22. The molecule has 0 radical (unpaired) electrons. The van der Waals surface area contributed by atoms with Crippen LogP contribution in [0.5, 0.6) is 0 Å². The predicted octanol–water partition coefficient (Wildman–Crippen LogP) is 2.10. The smallest absolute Gasteiger partial charge is 0.315 e. The van der Waals surface area contributed by atoms with Crippen molar-refractivity contribution >= 4 is 22.5 Å². The number of carbonyl (C=O) groups is 1. The Morgan fingerprint density at radius 3 is 2.48 bits per heavy atom. The van der Waals surface area contributed by atoms with Crippen molar-refractivity contribution in [3.8, 4) is 0 Å². The zero-order valence-electron chi connectivity index (χ0n) is 14.0. The third-order valence-corrected chi connectivity index (χ3v) is 4.99. The summed E-state index contributed by atoms with van der Waals surface area (Å²) in [7, 11) is -0.877. The summed E-state index contributed by atoms with van der Waals surface area (Å²) in [6.45, 7) is 5.49. The highest BCUT2D eigenvalue weighted by Gasteiger charge is 2.15. The van der Waals surface area contributed by atoms with Crippen molar-refractivity contribution in [2.75, 3.05) is 36.5 Å². The average Bonchev–Trinajstić information content (AvgIpc) is 2.54. The number of benzene rings is 1. The van der Waals surface area contributed by atoms with Crippen LogP contribution in [0.25, 0.3) is 0 Å². The normalized spacial score (nSPS) is 16.9. The molecule has 2 amide bonds. The Balaban J connectivity index is 1.74. The number of anilines is 1. The molecule has 0 bridgehead atoms. The minimum Gasteiger partial charge on any atom is -0.372 e. The Labute approximate surface area is 141 Å². The van der Waals surface area contributed by atoms with E-state index in [1.807, 2.05) is 0 Å². The summed E-state index contributed by atoms with van der Waals surface area (Å²) in [6, 6.07) is 8.17. The second kappa shape index (κ2) is 8.91. The van der Waals surface area contributed by atoms with Gasteiger partial charge >= 0.3 is 6.03 Å². The lowest BCUT2D eigenvalue weighted by Crippen LogP contribution is -2.37. The van der Waals surface area contributed by atoms with Gasteiger partial charge in [-0.15, -0.1) is 0 Å². The molecular formula is C17H27N3O2S. The van der Waals surface area contributed by atoms with Crippen molar-refractivity contribution in [3.63, 3.8) is 0 Å². The largest absolute Gasteiger partial charge is 0.372 e. The fraction of sp³-hybridized carbons (Fsp3) is 0.588. The quantitative estimate of drug-likeness (QED) is 0.836. The van der Waals surface area contributed by atoms with E-state index in [9.17, 15) is 9.00 Å². The number of rotatable bonds is 6. The first-order chi connectivity index (χ1) is 11.0. The maximum Gasteiger partial charge on any atom is 0.315 e. The van der Waals surface area contributed by atoms with Crippen molar-refractivity contribution in [2.45, 2.75) is 26.3 Å². The zero-order chi connectivity index (χ0) is 16.7. The molecule has 0 unspecified atom stereocenters. The lowest BCUT2D eigenvalue weighted by Gasteiger charge is -2.32. The number of nitrogens with one attached hydrogen (secondary N) is 2. The second-order valence-electron chi connectivity index (χ2n) is 6.22. The van der Waals surface area contributed by atoms with Gasteiger partial charge in [-0.2, -0.15) is 0 Å². The Morgan fingerprint density at radius 1 is 1.22 bits per heavy atom. The van der Waals surface area contributed by atoms with Gasteiger partial charge in [0.15, 0.2) is 0 Å². The number of carbonyl (C=O) groups excluding carboxylic acids is 1. The maximum absolute atomic E-state index is 11.6. The van der Waals surface area contributed by atoms with Gasteiger partial charge in [0, 0.05) is 54.7 Å². The molecule has 1 saturated heterocycles. The highest BCUT2D eigenvalue weighted by molar-refractivity contribution is 7.84. The lowest BCUT2D eigenvalue weighted by molar-refractivity contribution is 0.241. The molecule has 5 nitrogen and oxygen atoms in total. The van der Waals surface area contributed by atoms with Crippen molar-refractivity contribution in [1.29, 1.82) is 0 Å². The van der Waals surface area contributed by atoms with Gasteiger partial charge in [0.25, 0.3) is 0 Å². The summed E-state index contributed by atoms with van der Waals surface area (Å²) >= 11 is 0. The molecule has 1 atom stereocenters. The number of piperidine rings is 1. The first-order valence-corrected chi connectivity index (χ1v) is 9.93. The summed E-state index contributed by atoms with van der Waals surface area (Å²) in [4.78, 5) is 14.0. The van der Waals surface area contributed by atoms with Gasteiger partial charge in [0.05, 0.1) is 0 Å². The maximum atomic E-state index is 11.6. The monoisotopic (exact) mass is 337 g/mol. The van der Waals surface area contributed by atoms with Crippen LogP contribution in [0.4, 0.5) is 10.5 Å². The third-order valence-electron chi connectivity index (χ3n) is 4.21. The van der Waals surface area contributed by atoms with Crippen LogP contribution in [-0.4, -0.2) is 41.9 Å². The molecule has 1 heterocycles. The molecule has 1 fully saturated rings. The predicted molar refractivity (Wildman–Crippen MR) is 96.2 cm³/mol. The van der Waals surface area contributed by atoms with Crippen LogP contribution in [0.15, 0.2) is 24.3 Å². The molecule has 1 aromatic carbocycles. The van der Waals surface area contributed by atoms with Crippen LogP contribution in [-0.2, 0) is 17.3 Å². The van der Waals surface area contributed by atoms with Gasteiger partial charge < -0.3 is 15.5 Å². The van der Waals surface area contributed by atoms with Crippen LogP contribution in [0.1, 0.15) is 25.3 Å². The van der Waals surface area contributed by atoms with Crippen molar-refractivity contribution in [3.05, 3.63) is 29.8 Å². The van der Waals surface area contributed by atoms with E-state index in [2.05, 4.69) is 46.7 Å². The molecule has 0 aliphatic carbocycles. The Morgan fingerprint density at radius 2 is 1.87 bits per heavy atom. The molecule has 0 aromatic heterocycles. The van der Waals surface area contributed by atoms with Crippen molar-refractivity contribution in [2.24, 2.45) is 5.92 Å². The van der Waals surface area contributed by atoms with E-state index in [0.29, 0.717) is 18.8 Å². The second-order valence-corrected chi connectivity index (χ2v) is 7.78.